The molecule has 0 unspecified atom stereocenters. The van der Waals surface area contributed by atoms with Crippen molar-refractivity contribution >= 4 is 17.4 Å². The van der Waals surface area contributed by atoms with Crippen molar-refractivity contribution in [2.45, 2.75) is 19.3 Å². The summed E-state index contributed by atoms with van der Waals surface area (Å²) >= 11 is 0. The van der Waals surface area contributed by atoms with Crippen molar-refractivity contribution in [3.8, 4) is 0 Å². The van der Waals surface area contributed by atoms with Crippen molar-refractivity contribution in [3.63, 3.8) is 0 Å². The minimum atomic E-state index is -0.697. The fourth-order valence-corrected chi connectivity index (χ4v) is 2.59. The van der Waals surface area contributed by atoms with E-state index < -0.39 is 5.97 Å². The van der Waals surface area contributed by atoms with E-state index in [9.17, 15) is 4.79 Å². The Morgan fingerprint density at radius 3 is 2.89 bits per heavy atom. The summed E-state index contributed by atoms with van der Waals surface area (Å²) < 4.78 is 1.74. The first kappa shape index (κ1) is 12.0. The number of hydrogen-bond donors (Lipinski definition) is 1. The maximum Gasteiger partial charge on any atom is 0.303 e. The maximum atomic E-state index is 10.7. The van der Waals surface area contributed by atoms with Crippen LogP contribution in [0.15, 0.2) is 24.5 Å². The van der Waals surface area contributed by atoms with Crippen molar-refractivity contribution in [2.75, 3.05) is 18.0 Å². The molecule has 0 atom stereocenters. The molecule has 3 heterocycles. The molecule has 0 aromatic carbocycles. The predicted molar refractivity (Wildman–Crippen MR) is 70.2 cm³/mol. The molecule has 0 aliphatic carbocycles. The van der Waals surface area contributed by atoms with Gasteiger partial charge in [0.05, 0.1) is 6.20 Å². The molecule has 0 amide bonds. The van der Waals surface area contributed by atoms with Crippen molar-refractivity contribution in [1.82, 2.24) is 14.6 Å². The first-order valence-corrected chi connectivity index (χ1v) is 6.49. The van der Waals surface area contributed by atoms with E-state index in [1.165, 1.54) is 0 Å². The monoisotopic (exact) mass is 260 g/mol. The summed E-state index contributed by atoms with van der Waals surface area (Å²) in [6.07, 6.45) is 5.74. The van der Waals surface area contributed by atoms with E-state index in [0.29, 0.717) is 5.92 Å². The van der Waals surface area contributed by atoms with Gasteiger partial charge in [-0.2, -0.15) is 5.10 Å². The molecule has 1 saturated heterocycles. The van der Waals surface area contributed by atoms with Gasteiger partial charge >= 0.3 is 5.97 Å². The smallest absolute Gasteiger partial charge is 0.303 e. The molecular weight excluding hydrogens is 244 g/mol. The van der Waals surface area contributed by atoms with Crippen molar-refractivity contribution in [3.05, 3.63) is 24.5 Å². The van der Waals surface area contributed by atoms with Crippen LogP contribution in [-0.2, 0) is 4.79 Å². The molecule has 1 aliphatic heterocycles. The average Bonchev–Trinajstić information content (AvgIpc) is 2.86. The van der Waals surface area contributed by atoms with E-state index in [-0.39, 0.29) is 6.42 Å². The molecule has 0 saturated carbocycles. The van der Waals surface area contributed by atoms with E-state index in [1.807, 2.05) is 18.3 Å². The summed E-state index contributed by atoms with van der Waals surface area (Å²) in [6.45, 7) is 1.74. The second kappa shape index (κ2) is 4.87. The largest absolute Gasteiger partial charge is 0.481 e. The quantitative estimate of drug-likeness (QED) is 0.903. The van der Waals surface area contributed by atoms with Gasteiger partial charge in [0.25, 0.3) is 0 Å². The SMILES string of the molecule is O=C(O)CC1CCN(c2ccn3nccc3n2)CC1. The number of piperidine rings is 1. The van der Waals surface area contributed by atoms with Gasteiger partial charge in [-0.1, -0.05) is 0 Å². The molecule has 100 valence electrons. The summed E-state index contributed by atoms with van der Waals surface area (Å²) in [4.78, 5) is 17.5. The van der Waals surface area contributed by atoms with Gasteiger partial charge in [0.1, 0.15) is 5.82 Å². The number of hydrogen-bond acceptors (Lipinski definition) is 4. The normalized spacial score (nSPS) is 16.9. The van der Waals surface area contributed by atoms with Gasteiger partial charge in [-0.15, -0.1) is 0 Å². The second-order valence-corrected chi connectivity index (χ2v) is 4.95. The van der Waals surface area contributed by atoms with Gasteiger partial charge in [0, 0.05) is 31.8 Å². The number of rotatable bonds is 3. The number of nitrogens with zero attached hydrogens (tertiary/aromatic N) is 4. The third-order valence-electron chi connectivity index (χ3n) is 3.65. The van der Waals surface area contributed by atoms with Crippen LogP contribution in [0.25, 0.3) is 5.65 Å². The van der Waals surface area contributed by atoms with Gasteiger partial charge in [-0.25, -0.2) is 9.50 Å². The van der Waals surface area contributed by atoms with Crippen molar-refractivity contribution in [2.24, 2.45) is 5.92 Å². The molecule has 0 spiro atoms. The zero-order chi connectivity index (χ0) is 13.2. The van der Waals surface area contributed by atoms with Crippen LogP contribution in [0, 0.1) is 5.92 Å². The Morgan fingerprint density at radius 1 is 1.37 bits per heavy atom. The van der Waals surface area contributed by atoms with E-state index in [1.54, 1.807) is 10.7 Å². The van der Waals surface area contributed by atoms with Crippen molar-refractivity contribution in [1.29, 1.82) is 0 Å². The molecule has 19 heavy (non-hydrogen) atoms. The zero-order valence-corrected chi connectivity index (χ0v) is 10.6. The van der Waals surface area contributed by atoms with Gasteiger partial charge in [-0.05, 0) is 24.8 Å². The summed E-state index contributed by atoms with van der Waals surface area (Å²) in [6, 6.07) is 3.83. The van der Waals surface area contributed by atoms with E-state index in [0.717, 1.165) is 37.4 Å². The average molecular weight is 260 g/mol. The summed E-state index contributed by atoms with van der Waals surface area (Å²) in [5, 5.41) is 12.9. The molecule has 6 heteroatoms. The van der Waals surface area contributed by atoms with Crippen LogP contribution >= 0.6 is 0 Å². The van der Waals surface area contributed by atoms with Gasteiger partial charge in [0.2, 0.25) is 0 Å². The number of anilines is 1. The number of carboxylic acids is 1. The number of fused-ring (bicyclic) bond motifs is 1. The Bertz CT molecular complexity index is 587. The lowest BCUT2D eigenvalue weighted by atomic mass is 9.94. The maximum absolute atomic E-state index is 10.7. The topological polar surface area (TPSA) is 70.7 Å². The summed E-state index contributed by atoms with van der Waals surface area (Å²) in [7, 11) is 0. The summed E-state index contributed by atoms with van der Waals surface area (Å²) in [5.74, 6) is 0.548. The predicted octanol–water partition coefficient (Wildman–Crippen LogP) is 1.42. The number of carbonyl (C=O) groups is 1. The lowest BCUT2D eigenvalue weighted by Crippen LogP contribution is -2.34. The Labute approximate surface area is 110 Å². The van der Waals surface area contributed by atoms with E-state index in [2.05, 4.69) is 15.0 Å². The molecule has 1 N–H and O–H groups in total. The first-order valence-electron chi connectivity index (χ1n) is 6.49. The highest BCUT2D eigenvalue weighted by Crippen LogP contribution is 2.24. The van der Waals surface area contributed by atoms with Gasteiger partial charge in [-0.3, -0.25) is 4.79 Å². The molecule has 0 radical (unpaired) electrons. The third-order valence-corrected chi connectivity index (χ3v) is 3.65. The van der Waals surface area contributed by atoms with Crippen LogP contribution in [0.1, 0.15) is 19.3 Å². The van der Waals surface area contributed by atoms with Crippen LogP contribution in [0.5, 0.6) is 0 Å². The fraction of sp³-hybridized carbons (Fsp3) is 0.462. The molecular formula is C13H16N4O2. The molecule has 2 aromatic heterocycles. The highest BCUT2D eigenvalue weighted by atomic mass is 16.4. The first-order chi connectivity index (χ1) is 9.22. The second-order valence-electron chi connectivity index (χ2n) is 4.95. The van der Waals surface area contributed by atoms with Crippen LogP contribution in [-0.4, -0.2) is 38.8 Å². The van der Waals surface area contributed by atoms with Crippen LogP contribution in [0.4, 0.5) is 5.82 Å². The van der Waals surface area contributed by atoms with Crippen LogP contribution < -0.4 is 4.90 Å². The fourth-order valence-electron chi connectivity index (χ4n) is 2.59. The number of aliphatic carboxylic acids is 1. The van der Waals surface area contributed by atoms with E-state index >= 15 is 0 Å². The summed E-state index contributed by atoms with van der Waals surface area (Å²) in [5.41, 5.74) is 0.838. The molecule has 1 aliphatic rings. The van der Waals surface area contributed by atoms with Crippen LogP contribution in [0.2, 0.25) is 0 Å². The minimum Gasteiger partial charge on any atom is -0.481 e. The molecule has 1 fully saturated rings. The Kier molecular flexibility index (Phi) is 3.06. The number of aromatic nitrogens is 3. The highest BCUT2D eigenvalue weighted by Gasteiger charge is 2.22. The molecule has 0 bridgehead atoms. The number of carboxylic acid groups (broad SMARTS) is 1. The Hall–Kier alpha value is -2.11. The third kappa shape index (κ3) is 2.52. The molecule has 2 aromatic rings. The standard InChI is InChI=1S/C13H16N4O2/c18-13(19)9-10-2-6-16(7-3-10)11-4-8-17-12(15-11)1-5-14-17/h1,4-5,8,10H,2-3,6-7,9H2,(H,18,19). The van der Waals surface area contributed by atoms with Gasteiger partial charge in [0.15, 0.2) is 5.65 Å². The van der Waals surface area contributed by atoms with Gasteiger partial charge < -0.3 is 10.0 Å². The Balaban J connectivity index is 1.69. The molecule has 3 rings (SSSR count). The lowest BCUT2D eigenvalue weighted by molar-refractivity contribution is -0.138. The van der Waals surface area contributed by atoms with E-state index in [4.69, 9.17) is 5.11 Å². The van der Waals surface area contributed by atoms with Crippen molar-refractivity contribution < 1.29 is 9.90 Å². The lowest BCUT2D eigenvalue weighted by Gasteiger charge is -2.32. The minimum absolute atomic E-state index is 0.281. The zero-order valence-electron chi connectivity index (χ0n) is 10.6. The Morgan fingerprint density at radius 2 is 2.16 bits per heavy atom. The van der Waals surface area contributed by atoms with Crippen LogP contribution in [0.3, 0.4) is 0 Å². The molecule has 6 nitrogen and oxygen atoms in total. The highest BCUT2D eigenvalue weighted by molar-refractivity contribution is 5.67.